The summed E-state index contributed by atoms with van der Waals surface area (Å²) in [5, 5.41) is 6.25. The van der Waals surface area contributed by atoms with Crippen LogP contribution in [0.25, 0.3) is 0 Å². The minimum absolute atomic E-state index is 0.0856. The second-order valence-electron chi connectivity index (χ2n) is 3.59. The fraction of sp³-hybridized carbons (Fsp3) is 0.167. The number of nitrogens with zero attached hydrogens (tertiary/aromatic N) is 1. The number of rotatable bonds is 3. The van der Waals surface area contributed by atoms with Crippen LogP contribution in [0, 0.1) is 6.92 Å². The third-order valence-corrected chi connectivity index (χ3v) is 3.17. The molecule has 0 unspecified atom stereocenters. The fourth-order valence-corrected chi connectivity index (χ4v) is 2.23. The van der Waals surface area contributed by atoms with Gasteiger partial charge in [-0.15, -0.1) is 11.3 Å². The van der Waals surface area contributed by atoms with Gasteiger partial charge in [-0.1, -0.05) is 17.7 Å². The van der Waals surface area contributed by atoms with Crippen LogP contribution in [0.5, 0.6) is 0 Å². The van der Waals surface area contributed by atoms with Crippen LogP contribution < -0.4 is 5.32 Å². The van der Waals surface area contributed by atoms with Crippen LogP contribution in [0.4, 0.5) is 5.69 Å². The summed E-state index contributed by atoms with van der Waals surface area (Å²) in [7, 11) is 0. The summed E-state index contributed by atoms with van der Waals surface area (Å²) in [6.45, 7) is 1.92. The van der Waals surface area contributed by atoms with Crippen molar-refractivity contribution in [3.05, 3.63) is 45.4 Å². The second-order valence-corrected chi connectivity index (χ2v) is 5.09. The Hall–Kier alpha value is -1.39. The molecule has 0 aliphatic heterocycles. The van der Waals surface area contributed by atoms with Gasteiger partial charge in [-0.05, 0) is 25.1 Å². The van der Waals surface area contributed by atoms with Crippen LogP contribution in [0.2, 0.25) is 5.02 Å². The Balaban J connectivity index is 1.98. The number of nitrogens with one attached hydrogen (secondary N) is 1. The van der Waals surface area contributed by atoms with Crippen LogP contribution >= 0.6 is 22.9 Å². The number of carbonyl (C=O) groups is 1. The summed E-state index contributed by atoms with van der Waals surface area (Å²) >= 11 is 7.37. The quantitative estimate of drug-likeness (QED) is 0.926. The predicted octanol–water partition coefficient (Wildman–Crippen LogP) is 3.29. The molecule has 0 saturated heterocycles. The van der Waals surface area contributed by atoms with Crippen molar-refractivity contribution in [1.82, 2.24) is 4.98 Å². The van der Waals surface area contributed by atoms with Crippen LogP contribution in [0.3, 0.4) is 0 Å². The van der Waals surface area contributed by atoms with E-state index in [1.54, 1.807) is 35.6 Å². The number of aryl methyl sites for hydroxylation is 1. The summed E-state index contributed by atoms with van der Waals surface area (Å²) in [5.74, 6) is -0.0856. The lowest BCUT2D eigenvalue weighted by molar-refractivity contribution is -0.115. The molecule has 0 atom stereocenters. The molecule has 1 aromatic heterocycles. The zero-order valence-corrected chi connectivity index (χ0v) is 10.8. The van der Waals surface area contributed by atoms with Crippen molar-refractivity contribution in [2.45, 2.75) is 13.3 Å². The molecule has 5 heteroatoms. The first-order chi connectivity index (χ1) is 8.13. The smallest absolute Gasteiger partial charge is 0.230 e. The number of aromatic nitrogens is 1. The number of thiazole rings is 1. The third kappa shape index (κ3) is 3.54. The van der Waals surface area contributed by atoms with Crippen molar-refractivity contribution in [3.63, 3.8) is 0 Å². The molecule has 2 aromatic rings. The van der Waals surface area contributed by atoms with Gasteiger partial charge in [0.25, 0.3) is 0 Å². The van der Waals surface area contributed by atoms with Crippen LogP contribution in [0.1, 0.15) is 10.7 Å². The average molecular weight is 267 g/mol. The van der Waals surface area contributed by atoms with Crippen molar-refractivity contribution in [3.8, 4) is 0 Å². The van der Waals surface area contributed by atoms with Crippen molar-refractivity contribution in [1.29, 1.82) is 0 Å². The third-order valence-electron chi connectivity index (χ3n) is 2.12. The molecule has 0 fully saturated rings. The maximum atomic E-state index is 11.7. The highest BCUT2D eigenvalue weighted by Crippen LogP contribution is 2.15. The Morgan fingerprint density at radius 2 is 2.35 bits per heavy atom. The monoisotopic (exact) mass is 266 g/mol. The molecule has 1 heterocycles. The van der Waals surface area contributed by atoms with Crippen molar-refractivity contribution in [2.75, 3.05) is 5.32 Å². The first-order valence-electron chi connectivity index (χ1n) is 5.10. The number of halogens is 1. The van der Waals surface area contributed by atoms with Gasteiger partial charge in [0.2, 0.25) is 5.91 Å². The maximum Gasteiger partial charge on any atom is 0.230 e. The Morgan fingerprint density at radius 1 is 1.53 bits per heavy atom. The number of benzene rings is 1. The highest BCUT2D eigenvalue weighted by Gasteiger charge is 2.06. The molecule has 0 spiro atoms. The van der Waals surface area contributed by atoms with Crippen LogP contribution in [-0.4, -0.2) is 10.9 Å². The van der Waals surface area contributed by atoms with E-state index < -0.39 is 0 Å². The molecule has 0 aliphatic carbocycles. The molecule has 88 valence electrons. The molecule has 2 rings (SSSR count). The standard InChI is InChI=1S/C12H11ClN2OS/c1-8-14-11(7-17-8)6-12(16)15-10-4-2-3-9(13)5-10/h2-5,7H,6H2,1H3,(H,15,16). The zero-order chi connectivity index (χ0) is 12.3. The number of anilines is 1. The summed E-state index contributed by atoms with van der Waals surface area (Å²) in [4.78, 5) is 16.0. The fourth-order valence-electron chi connectivity index (χ4n) is 1.43. The van der Waals surface area contributed by atoms with Crippen molar-refractivity contribution in [2.24, 2.45) is 0 Å². The molecule has 17 heavy (non-hydrogen) atoms. The lowest BCUT2D eigenvalue weighted by Crippen LogP contribution is -2.14. The van der Waals surface area contributed by atoms with E-state index in [0.717, 1.165) is 10.7 Å². The summed E-state index contributed by atoms with van der Waals surface area (Å²) in [6.07, 6.45) is 0.289. The van der Waals surface area contributed by atoms with Crippen LogP contribution in [0.15, 0.2) is 29.6 Å². The van der Waals surface area contributed by atoms with Gasteiger partial charge in [0.05, 0.1) is 17.1 Å². The largest absolute Gasteiger partial charge is 0.326 e. The van der Waals surface area contributed by atoms with Crippen molar-refractivity contribution >= 4 is 34.5 Å². The van der Waals surface area contributed by atoms with E-state index in [0.29, 0.717) is 10.7 Å². The van der Waals surface area contributed by atoms with E-state index in [1.165, 1.54) is 0 Å². The molecule has 0 bridgehead atoms. The predicted molar refractivity (Wildman–Crippen MR) is 70.6 cm³/mol. The average Bonchev–Trinajstić information content (AvgIpc) is 2.63. The number of hydrogen-bond acceptors (Lipinski definition) is 3. The first-order valence-corrected chi connectivity index (χ1v) is 6.35. The molecule has 3 nitrogen and oxygen atoms in total. The van der Waals surface area contributed by atoms with Crippen LogP contribution in [-0.2, 0) is 11.2 Å². The minimum Gasteiger partial charge on any atom is -0.326 e. The van der Waals surface area contributed by atoms with E-state index in [4.69, 9.17) is 11.6 Å². The molecule has 1 aromatic carbocycles. The van der Waals surface area contributed by atoms with Gasteiger partial charge < -0.3 is 5.32 Å². The summed E-state index contributed by atoms with van der Waals surface area (Å²) < 4.78 is 0. The molecule has 1 N–H and O–H groups in total. The molecule has 0 saturated carbocycles. The summed E-state index contributed by atoms with van der Waals surface area (Å²) in [5.41, 5.74) is 1.50. The molecule has 1 amide bonds. The molecule has 0 aliphatic rings. The lowest BCUT2D eigenvalue weighted by atomic mass is 10.3. The maximum absolute atomic E-state index is 11.7. The lowest BCUT2D eigenvalue weighted by Gasteiger charge is -2.03. The van der Waals surface area contributed by atoms with Gasteiger partial charge in [0.15, 0.2) is 0 Å². The van der Waals surface area contributed by atoms with Gasteiger partial charge in [-0.3, -0.25) is 4.79 Å². The topological polar surface area (TPSA) is 42.0 Å². The van der Waals surface area contributed by atoms with Gasteiger partial charge in [0.1, 0.15) is 0 Å². The summed E-state index contributed by atoms with van der Waals surface area (Å²) in [6, 6.07) is 7.08. The second kappa shape index (κ2) is 5.29. The van der Waals surface area contributed by atoms with E-state index in [9.17, 15) is 4.79 Å². The Morgan fingerprint density at radius 3 is 3.00 bits per heavy atom. The molecular formula is C12H11ClN2OS. The Kier molecular flexibility index (Phi) is 3.76. The van der Waals surface area contributed by atoms with E-state index in [1.807, 2.05) is 12.3 Å². The van der Waals surface area contributed by atoms with E-state index in [-0.39, 0.29) is 12.3 Å². The SMILES string of the molecule is Cc1nc(CC(=O)Nc2cccc(Cl)c2)cs1. The number of carbonyl (C=O) groups excluding carboxylic acids is 1. The minimum atomic E-state index is -0.0856. The Bertz CT molecular complexity index is 539. The van der Waals surface area contributed by atoms with E-state index in [2.05, 4.69) is 10.3 Å². The first kappa shape index (κ1) is 12.1. The zero-order valence-electron chi connectivity index (χ0n) is 9.24. The Labute approximate surface area is 108 Å². The van der Waals surface area contributed by atoms with E-state index >= 15 is 0 Å². The highest BCUT2D eigenvalue weighted by molar-refractivity contribution is 7.09. The van der Waals surface area contributed by atoms with Gasteiger partial charge in [0, 0.05) is 16.1 Å². The van der Waals surface area contributed by atoms with Gasteiger partial charge >= 0.3 is 0 Å². The number of amides is 1. The van der Waals surface area contributed by atoms with Crippen molar-refractivity contribution < 1.29 is 4.79 Å². The van der Waals surface area contributed by atoms with Gasteiger partial charge in [-0.2, -0.15) is 0 Å². The normalized spacial score (nSPS) is 10.2. The molecular weight excluding hydrogens is 256 g/mol. The van der Waals surface area contributed by atoms with Gasteiger partial charge in [-0.25, -0.2) is 4.98 Å². The highest BCUT2D eigenvalue weighted by atomic mass is 35.5. The number of hydrogen-bond donors (Lipinski definition) is 1. The molecule has 0 radical (unpaired) electrons.